The Morgan fingerprint density at radius 2 is 1.88 bits per heavy atom. The van der Waals surface area contributed by atoms with Crippen LogP contribution in [0.15, 0.2) is 34.1 Å². The van der Waals surface area contributed by atoms with Gasteiger partial charge in [-0.15, -0.1) is 25.3 Å². The monoisotopic (exact) mass is 268 g/mol. The molecule has 0 saturated carbocycles. The van der Waals surface area contributed by atoms with Gasteiger partial charge in [-0.25, -0.2) is 0 Å². The highest BCUT2D eigenvalue weighted by molar-refractivity contribution is 7.92. The Labute approximate surface area is 112 Å². The summed E-state index contributed by atoms with van der Waals surface area (Å²) in [5.74, 6) is 1.12. The highest BCUT2D eigenvalue weighted by Crippen LogP contribution is 2.41. The summed E-state index contributed by atoms with van der Waals surface area (Å²) >= 11 is 14.1. The Kier molecular flexibility index (Phi) is 3.62. The lowest BCUT2D eigenvalue weighted by molar-refractivity contribution is 0.414. The normalized spacial score (nSPS) is 20.4. The molecule has 1 aromatic rings. The van der Waals surface area contributed by atoms with Crippen LogP contribution in [0.1, 0.15) is 17.9 Å². The van der Waals surface area contributed by atoms with Gasteiger partial charge < -0.3 is 4.74 Å². The summed E-state index contributed by atoms with van der Waals surface area (Å²) in [7, 11) is 1.66. The van der Waals surface area contributed by atoms with Crippen LogP contribution in [0.4, 0.5) is 0 Å². The molecule has 0 aromatic heterocycles. The molecule has 4 heteroatoms. The highest BCUT2D eigenvalue weighted by Gasteiger charge is 2.26. The van der Waals surface area contributed by atoms with Crippen molar-refractivity contribution in [3.8, 4) is 5.75 Å². The maximum Gasteiger partial charge on any atom is 0.118 e. The van der Waals surface area contributed by atoms with E-state index in [0.717, 1.165) is 26.8 Å². The Balaban J connectivity index is 2.29. The minimum atomic E-state index is 0.259. The van der Waals surface area contributed by atoms with Crippen LogP contribution < -0.4 is 4.74 Å². The summed E-state index contributed by atoms with van der Waals surface area (Å²) in [6.45, 7) is 0. The molecule has 1 aliphatic carbocycles. The second kappa shape index (κ2) is 4.82. The largest absolute Gasteiger partial charge is 0.497 e. The van der Waals surface area contributed by atoms with Gasteiger partial charge in [0.15, 0.2) is 0 Å². The molecule has 0 heterocycles. The molecular weight excluding hydrogens is 256 g/mol. The Hall–Kier alpha value is -0.450. The van der Waals surface area contributed by atoms with Crippen molar-refractivity contribution in [2.45, 2.75) is 12.3 Å². The van der Waals surface area contributed by atoms with Crippen LogP contribution in [-0.2, 0) is 0 Å². The minimum absolute atomic E-state index is 0.259. The van der Waals surface area contributed by atoms with Crippen LogP contribution >= 0.6 is 37.5 Å². The van der Waals surface area contributed by atoms with Crippen molar-refractivity contribution in [3.63, 3.8) is 0 Å². The molecule has 1 aliphatic rings. The zero-order valence-corrected chi connectivity index (χ0v) is 11.4. The predicted octanol–water partition coefficient (Wildman–Crippen LogP) is 3.62. The molecule has 84 valence electrons. The minimum Gasteiger partial charge on any atom is -0.497 e. The van der Waals surface area contributed by atoms with Gasteiger partial charge in [-0.3, -0.25) is 0 Å². The summed E-state index contributed by atoms with van der Waals surface area (Å²) in [5, 5.41) is 0. The number of hydrogen-bond donors (Lipinski definition) is 2. The number of allylic oxidation sites excluding steroid dienone is 2. The molecule has 2 rings (SSSR count). The van der Waals surface area contributed by atoms with E-state index in [4.69, 9.17) is 17.0 Å². The van der Waals surface area contributed by atoms with Crippen LogP contribution in [0.25, 0.3) is 0 Å². The van der Waals surface area contributed by atoms with Gasteiger partial charge in [0, 0.05) is 20.6 Å². The van der Waals surface area contributed by atoms with Crippen molar-refractivity contribution in [2.24, 2.45) is 0 Å². The van der Waals surface area contributed by atoms with Gasteiger partial charge in [0.05, 0.1) is 7.11 Å². The average molecular weight is 268 g/mol. The van der Waals surface area contributed by atoms with Gasteiger partial charge in [-0.05, 0) is 24.1 Å². The summed E-state index contributed by atoms with van der Waals surface area (Å²) in [4.78, 5) is 2.73. The van der Waals surface area contributed by atoms with Gasteiger partial charge in [-0.2, -0.15) is 0 Å². The number of rotatable bonds is 2. The van der Waals surface area contributed by atoms with Crippen LogP contribution in [0.2, 0.25) is 0 Å². The molecule has 0 saturated heterocycles. The lowest BCUT2D eigenvalue weighted by Gasteiger charge is -2.11. The first-order valence-corrected chi connectivity index (χ1v) is 6.23. The second-order valence-corrected chi connectivity index (χ2v) is 5.11. The van der Waals surface area contributed by atoms with E-state index in [9.17, 15) is 0 Å². The fourth-order valence-corrected chi connectivity index (χ4v) is 2.77. The number of hydrogen-bond acceptors (Lipinski definition) is 4. The number of thiocarbonyl (C=S) groups is 1. The molecule has 0 bridgehead atoms. The van der Waals surface area contributed by atoms with Gasteiger partial charge in [-0.1, -0.05) is 24.4 Å². The summed E-state index contributed by atoms with van der Waals surface area (Å²) in [6.07, 6.45) is 0.833. The van der Waals surface area contributed by atoms with E-state index >= 15 is 0 Å². The van der Waals surface area contributed by atoms with Gasteiger partial charge in [0.2, 0.25) is 0 Å². The van der Waals surface area contributed by atoms with E-state index in [1.807, 2.05) is 12.1 Å². The standard InChI is InChI=1S/C12H12OS3/c1-13-8-4-2-7(3-5-8)9-6-10(14)12(16)11(9)15/h2-5,9,15-16H,6H2,1H3. The van der Waals surface area contributed by atoms with E-state index in [2.05, 4.69) is 37.4 Å². The fourth-order valence-electron chi connectivity index (χ4n) is 1.80. The topological polar surface area (TPSA) is 9.23 Å². The molecule has 0 spiro atoms. The summed E-state index contributed by atoms with van der Waals surface area (Å²) < 4.78 is 5.13. The van der Waals surface area contributed by atoms with Crippen molar-refractivity contribution < 1.29 is 4.74 Å². The lowest BCUT2D eigenvalue weighted by Crippen LogP contribution is -1.96. The molecule has 0 radical (unpaired) electrons. The van der Waals surface area contributed by atoms with E-state index in [1.165, 1.54) is 5.56 Å². The van der Waals surface area contributed by atoms with Crippen molar-refractivity contribution >= 4 is 42.3 Å². The van der Waals surface area contributed by atoms with Crippen LogP contribution in [0.5, 0.6) is 5.75 Å². The molecule has 16 heavy (non-hydrogen) atoms. The number of thiol groups is 2. The molecule has 1 nitrogen and oxygen atoms in total. The molecule has 0 fully saturated rings. The Morgan fingerprint density at radius 3 is 2.31 bits per heavy atom. The smallest absolute Gasteiger partial charge is 0.118 e. The lowest BCUT2D eigenvalue weighted by atomic mass is 9.98. The van der Waals surface area contributed by atoms with Crippen LogP contribution in [-0.4, -0.2) is 12.0 Å². The van der Waals surface area contributed by atoms with Gasteiger partial charge >= 0.3 is 0 Å². The van der Waals surface area contributed by atoms with Crippen molar-refractivity contribution in [1.29, 1.82) is 0 Å². The fraction of sp³-hybridized carbons (Fsp3) is 0.250. The Morgan fingerprint density at radius 1 is 1.25 bits per heavy atom. The maximum atomic E-state index is 5.24. The van der Waals surface area contributed by atoms with E-state index in [-0.39, 0.29) is 5.92 Å². The molecule has 0 amide bonds. The third-order valence-corrected chi connectivity index (χ3v) is 4.49. The molecular formula is C12H12OS3. The van der Waals surface area contributed by atoms with E-state index < -0.39 is 0 Å². The van der Waals surface area contributed by atoms with Crippen molar-refractivity contribution in [1.82, 2.24) is 0 Å². The third-order valence-electron chi connectivity index (χ3n) is 2.74. The maximum absolute atomic E-state index is 5.24. The molecule has 1 aromatic carbocycles. The molecule has 1 atom stereocenters. The van der Waals surface area contributed by atoms with E-state index in [1.54, 1.807) is 7.11 Å². The SMILES string of the molecule is COc1ccc(C2CC(=S)C(S)=C2S)cc1. The first kappa shape index (κ1) is 12.0. The summed E-state index contributed by atoms with van der Waals surface area (Å²) in [6, 6.07) is 8.01. The third kappa shape index (κ3) is 2.14. The molecule has 0 aliphatic heterocycles. The molecule has 1 unspecified atom stereocenters. The second-order valence-electron chi connectivity index (χ2n) is 3.69. The van der Waals surface area contributed by atoms with Crippen LogP contribution in [0, 0.1) is 0 Å². The Bertz CT molecular complexity index is 448. The predicted molar refractivity (Wildman–Crippen MR) is 77.9 cm³/mol. The zero-order chi connectivity index (χ0) is 11.7. The average Bonchev–Trinajstić information content (AvgIpc) is 2.57. The quantitative estimate of drug-likeness (QED) is 0.626. The van der Waals surface area contributed by atoms with Gasteiger partial charge in [0.1, 0.15) is 5.75 Å². The van der Waals surface area contributed by atoms with Crippen molar-refractivity contribution in [3.05, 3.63) is 39.6 Å². The van der Waals surface area contributed by atoms with Crippen molar-refractivity contribution in [2.75, 3.05) is 7.11 Å². The van der Waals surface area contributed by atoms with Crippen LogP contribution in [0.3, 0.4) is 0 Å². The number of ether oxygens (including phenoxy) is 1. The number of methoxy groups -OCH3 is 1. The summed E-state index contributed by atoms with van der Waals surface area (Å²) in [5.41, 5.74) is 1.21. The first-order valence-electron chi connectivity index (χ1n) is 4.92. The zero-order valence-electron chi connectivity index (χ0n) is 8.80. The van der Waals surface area contributed by atoms with E-state index in [0.29, 0.717) is 0 Å². The highest BCUT2D eigenvalue weighted by atomic mass is 32.1. The first-order chi connectivity index (χ1) is 7.63. The number of benzene rings is 1. The van der Waals surface area contributed by atoms with Gasteiger partial charge in [0.25, 0.3) is 0 Å². The molecule has 0 N–H and O–H groups in total.